The molecule has 19 heavy (non-hydrogen) atoms. The average Bonchev–Trinajstić information content (AvgIpc) is 3.00. The maximum absolute atomic E-state index is 11.4. The van der Waals surface area contributed by atoms with Crippen molar-refractivity contribution in [3.05, 3.63) is 11.7 Å². The van der Waals surface area contributed by atoms with E-state index in [2.05, 4.69) is 10.1 Å². The molecule has 0 N–H and O–H groups in total. The second kappa shape index (κ2) is 6.14. The zero-order chi connectivity index (χ0) is 13.7. The maximum atomic E-state index is 11.4. The highest BCUT2D eigenvalue weighted by atomic mass is 16.5. The van der Waals surface area contributed by atoms with E-state index >= 15 is 0 Å². The molecule has 0 bridgehead atoms. The van der Waals surface area contributed by atoms with Crippen LogP contribution in [0.4, 0.5) is 0 Å². The van der Waals surface area contributed by atoms with Crippen LogP contribution in [-0.4, -0.2) is 29.3 Å². The quantitative estimate of drug-likeness (QED) is 0.734. The minimum absolute atomic E-state index is 0.0169. The molecule has 106 valence electrons. The van der Waals surface area contributed by atoms with Gasteiger partial charge in [0.2, 0.25) is 11.7 Å². The first-order chi connectivity index (χ1) is 9.20. The third-order valence-electron chi connectivity index (χ3n) is 3.31. The van der Waals surface area contributed by atoms with E-state index in [-0.39, 0.29) is 12.4 Å². The van der Waals surface area contributed by atoms with Crippen molar-refractivity contribution in [2.45, 2.75) is 51.6 Å². The van der Waals surface area contributed by atoms with Gasteiger partial charge in [0.05, 0.1) is 6.61 Å². The highest BCUT2D eigenvalue weighted by molar-refractivity contribution is 5.71. The average molecular weight is 268 g/mol. The number of hydrogen-bond acceptors (Lipinski definition) is 6. The molecule has 1 aromatic heterocycles. The fourth-order valence-electron chi connectivity index (χ4n) is 2.50. The molecular formula is C13H20N2O4. The Labute approximate surface area is 112 Å². The summed E-state index contributed by atoms with van der Waals surface area (Å²) in [7, 11) is 0. The summed E-state index contributed by atoms with van der Waals surface area (Å²) in [5, 5.41) is 3.98. The molecule has 6 nitrogen and oxygen atoms in total. The molecule has 0 atom stereocenters. The zero-order valence-electron chi connectivity index (χ0n) is 11.5. The lowest BCUT2D eigenvalue weighted by atomic mass is 10.0. The second-order valence-electron chi connectivity index (χ2n) is 4.63. The molecule has 0 aliphatic heterocycles. The standard InChI is InChI=1S/C13H20N2O4/c1-3-17-11(16)9-10-14-12(15-19-10)13(18-4-2)7-5-6-8-13/h3-9H2,1-2H3. The summed E-state index contributed by atoms with van der Waals surface area (Å²) in [5.41, 5.74) is -0.425. The predicted octanol–water partition coefficient (Wildman–Crippen LogP) is 1.98. The van der Waals surface area contributed by atoms with Gasteiger partial charge in [0.1, 0.15) is 12.0 Å². The van der Waals surface area contributed by atoms with Crippen molar-refractivity contribution in [3.8, 4) is 0 Å². The number of nitrogens with zero attached hydrogens (tertiary/aromatic N) is 2. The van der Waals surface area contributed by atoms with Crippen molar-refractivity contribution >= 4 is 5.97 Å². The number of hydrogen-bond donors (Lipinski definition) is 0. The Kier molecular flexibility index (Phi) is 4.52. The highest BCUT2D eigenvalue weighted by Gasteiger charge is 2.40. The summed E-state index contributed by atoms with van der Waals surface area (Å²) in [6.07, 6.45) is 4.02. The van der Waals surface area contributed by atoms with Gasteiger partial charge in [-0.3, -0.25) is 4.79 Å². The molecule has 0 spiro atoms. The second-order valence-corrected chi connectivity index (χ2v) is 4.63. The van der Waals surface area contributed by atoms with Crippen LogP contribution in [0.2, 0.25) is 0 Å². The molecule has 1 aliphatic rings. The van der Waals surface area contributed by atoms with Crippen molar-refractivity contribution in [1.82, 2.24) is 10.1 Å². The topological polar surface area (TPSA) is 74.5 Å². The third kappa shape index (κ3) is 3.12. The first-order valence-electron chi connectivity index (χ1n) is 6.83. The van der Waals surface area contributed by atoms with Crippen LogP contribution >= 0.6 is 0 Å². The predicted molar refractivity (Wildman–Crippen MR) is 66.4 cm³/mol. The number of rotatable bonds is 6. The van der Waals surface area contributed by atoms with Crippen LogP contribution in [0.15, 0.2) is 4.52 Å². The molecule has 1 fully saturated rings. The van der Waals surface area contributed by atoms with Crippen LogP contribution in [0.5, 0.6) is 0 Å². The van der Waals surface area contributed by atoms with Gasteiger partial charge in [-0.15, -0.1) is 0 Å². The van der Waals surface area contributed by atoms with E-state index in [9.17, 15) is 4.79 Å². The van der Waals surface area contributed by atoms with Gasteiger partial charge in [-0.1, -0.05) is 5.16 Å². The first-order valence-corrected chi connectivity index (χ1v) is 6.83. The lowest BCUT2D eigenvalue weighted by Gasteiger charge is -2.24. The van der Waals surface area contributed by atoms with Gasteiger partial charge in [-0.2, -0.15) is 4.98 Å². The van der Waals surface area contributed by atoms with E-state index < -0.39 is 5.60 Å². The number of esters is 1. The molecule has 0 radical (unpaired) electrons. The summed E-state index contributed by atoms with van der Waals surface area (Å²) in [4.78, 5) is 15.7. The SMILES string of the molecule is CCOC(=O)Cc1nc(C2(OCC)CCCC2)no1. The van der Waals surface area contributed by atoms with Crippen LogP contribution in [0.1, 0.15) is 51.2 Å². The van der Waals surface area contributed by atoms with Crippen molar-refractivity contribution in [3.63, 3.8) is 0 Å². The molecule has 0 amide bonds. The lowest BCUT2D eigenvalue weighted by molar-refractivity contribution is -0.142. The first kappa shape index (κ1) is 14.0. The number of aromatic nitrogens is 2. The van der Waals surface area contributed by atoms with Crippen LogP contribution in [-0.2, 0) is 26.3 Å². The molecular weight excluding hydrogens is 248 g/mol. The third-order valence-corrected chi connectivity index (χ3v) is 3.31. The van der Waals surface area contributed by atoms with Crippen LogP contribution in [0, 0.1) is 0 Å². The van der Waals surface area contributed by atoms with Crippen molar-refractivity contribution < 1.29 is 18.8 Å². The summed E-state index contributed by atoms with van der Waals surface area (Å²) >= 11 is 0. The molecule has 2 rings (SSSR count). The van der Waals surface area contributed by atoms with Crippen LogP contribution in [0.3, 0.4) is 0 Å². The van der Waals surface area contributed by atoms with Gasteiger partial charge in [0.15, 0.2) is 0 Å². The smallest absolute Gasteiger partial charge is 0.315 e. The Morgan fingerprint density at radius 3 is 2.68 bits per heavy atom. The van der Waals surface area contributed by atoms with Gasteiger partial charge in [0, 0.05) is 6.61 Å². The molecule has 0 saturated heterocycles. The Hall–Kier alpha value is -1.43. The van der Waals surface area contributed by atoms with E-state index in [1.165, 1.54) is 0 Å². The van der Waals surface area contributed by atoms with Gasteiger partial charge < -0.3 is 14.0 Å². The Morgan fingerprint density at radius 1 is 1.32 bits per heavy atom. The Morgan fingerprint density at radius 2 is 2.05 bits per heavy atom. The monoisotopic (exact) mass is 268 g/mol. The molecule has 1 saturated carbocycles. The molecule has 0 aromatic carbocycles. The van der Waals surface area contributed by atoms with Gasteiger partial charge >= 0.3 is 5.97 Å². The largest absolute Gasteiger partial charge is 0.466 e. The molecule has 0 unspecified atom stereocenters. The van der Waals surface area contributed by atoms with E-state index in [1.807, 2.05) is 6.92 Å². The number of carbonyl (C=O) groups is 1. The highest BCUT2D eigenvalue weighted by Crippen LogP contribution is 2.40. The van der Waals surface area contributed by atoms with Gasteiger partial charge in [-0.05, 0) is 39.5 Å². The Balaban J connectivity index is 2.08. The van der Waals surface area contributed by atoms with E-state index in [0.717, 1.165) is 25.7 Å². The van der Waals surface area contributed by atoms with Crippen molar-refractivity contribution in [1.29, 1.82) is 0 Å². The zero-order valence-corrected chi connectivity index (χ0v) is 11.5. The minimum atomic E-state index is -0.425. The molecule has 1 aromatic rings. The maximum Gasteiger partial charge on any atom is 0.315 e. The summed E-state index contributed by atoms with van der Waals surface area (Å²) in [6, 6.07) is 0. The molecule has 1 heterocycles. The summed E-state index contributed by atoms with van der Waals surface area (Å²) < 4.78 is 15.8. The van der Waals surface area contributed by atoms with E-state index in [1.54, 1.807) is 6.92 Å². The van der Waals surface area contributed by atoms with Crippen molar-refractivity contribution in [2.24, 2.45) is 0 Å². The van der Waals surface area contributed by atoms with Gasteiger partial charge in [-0.25, -0.2) is 0 Å². The molecule has 1 aliphatic carbocycles. The summed E-state index contributed by atoms with van der Waals surface area (Å²) in [5.74, 6) is 0.500. The number of ether oxygens (including phenoxy) is 2. The summed E-state index contributed by atoms with van der Waals surface area (Å²) in [6.45, 7) is 4.68. The van der Waals surface area contributed by atoms with Crippen LogP contribution < -0.4 is 0 Å². The van der Waals surface area contributed by atoms with Crippen LogP contribution in [0.25, 0.3) is 0 Å². The fraction of sp³-hybridized carbons (Fsp3) is 0.769. The van der Waals surface area contributed by atoms with Gasteiger partial charge in [0.25, 0.3) is 0 Å². The van der Waals surface area contributed by atoms with Crippen molar-refractivity contribution in [2.75, 3.05) is 13.2 Å². The Bertz CT molecular complexity index is 424. The normalized spacial score (nSPS) is 17.6. The minimum Gasteiger partial charge on any atom is -0.466 e. The fourth-order valence-corrected chi connectivity index (χ4v) is 2.50. The lowest BCUT2D eigenvalue weighted by Crippen LogP contribution is -2.27. The number of carbonyl (C=O) groups excluding carboxylic acids is 1. The van der Waals surface area contributed by atoms with E-state index in [4.69, 9.17) is 14.0 Å². The van der Waals surface area contributed by atoms with E-state index in [0.29, 0.717) is 24.9 Å². The molecule has 6 heteroatoms.